The molecule has 1 amide bonds. The maximum Gasteiger partial charge on any atom is 0.269 e. The van der Waals surface area contributed by atoms with Crippen LogP contribution in [-0.4, -0.2) is 16.3 Å². The second-order valence-electron chi connectivity index (χ2n) is 7.70. The fourth-order valence-corrected chi connectivity index (χ4v) is 6.49. The largest absolute Gasteiger partial charge is 0.487 e. The van der Waals surface area contributed by atoms with Gasteiger partial charge in [0.2, 0.25) is 0 Å². The fourth-order valence-electron chi connectivity index (χ4n) is 3.37. The van der Waals surface area contributed by atoms with Crippen molar-refractivity contribution >= 4 is 80.3 Å². The molecular formula is C25H21I2N3O4S. The van der Waals surface area contributed by atoms with E-state index in [4.69, 9.17) is 4.74 Å². The molecule has 0 aromatic heterocycles. The Hall–Kier alpha value is -2.32. The van der Waals surface area contributed by atoms with Gasteiger partial charge < -0.3 is 15.4 Å². The number of nitrogens with one attached hydrogen (secondary N) is 2. The topological polar surface area (TPSA) is 93.5 Å². The molecule has 2 N–H and O–H groups in total. The maximum absolute atomic E-state index is 12.5. The first kappa shape index (κ1) is 25.8. The second-order valence-corrected chi connectivity index (χ2v) is 11.2. The van der Waals surface area contributed by atoms with Gasteiger partial charge in [0.15, 0.2) is 5.50 Å². The van der Waals surface area contributed by atoms with Crippen molar-refractivity contribution in [3.05, 3.63) is 99.5 Å². The van der Waals surface area contributed by atoms with Gasteiger partial charge in [-0.2, -0.15) is 0 Å². The summed E-state index contributed by atoms with van der Waals surface area (Å²) < 4.78 is 7.83. The molecule has 0 spiro atoms. The molecule has 0 radical (unpaired) electrons. The van der Waals surface area contributed by atoms with E-state index in [2.05, 4.69) is 74.9 Å². The predicted octanol–water partition coefficient (Wildman–Crippen LogP) is 6.55. The Morgan fingerprint density at radius 3 is 2.31 bits per heavy atom. The summed E-state index contributed by atoms with van der Waals surface area (Å²) in [6.07, 6.45) is 2.87. The lowest BCUT2D eigenvalue weighted by atomic mass is 10.1. The molecule has 0 saturated carbocycles. The zero-order valence-corrected chi connectivity index (χ0v) is 23.7. The van der Waals surface area contributed by atoms with Crippen molar-refractivity contribution in [2.24, 2.45) is 0 Å². The van der Waals surface area contributed by atoms with Crippen LogP contribution in [0.2, 0.25) is 0 Å². The molecule has 0 aliphatic carbocycles. The Bertz CT molecular complexity index is 1260. The maximum atomic E-state index is 12.5. The van der Waals surface area contributed by atoms with Gasteiger partial charge in [-0.25, -0.2) is 0 Å². The van der Waals surface area contributed by atoms with Crippen LogP contribution in [0.5, 0.6) is 5.75 Å². The number of anilines is 1. The smallest absolute Gasteiger partial charge is 0.269 e. The predicted molar refractivity (Wildman–Crippen MR) is 156 cm³/mol. The zero-order valence-electron chi connectivity index (χ0n) is 18.6. The second kappa shape index (κ2) is 11.6. The van der Waals surface area contributed by atoms with Crippen LogP contribution >= 0.6 is 56.9 Å². The van der Waals surface area contributed by atoms with Gasteiger partial charge in [0, 0.05) is 17.8 Å². The molecule has 1 aliphatic rings. The monoisotopic (exact) mass is 713 g/mol. The highest BCUT2D eigenvalue weighted by Gasteiger charge is 2.27. The van der Waals surface area contributed by atoms with Gasteiger partial charge in [-0.1, -0.05) is 30.8 Å². The van der Waals surface area contributed by atoms with Crippen LogP contribution in [-0.2, 0) is 17.8 Å². The van der Waals surface area contributed by atoms with E-state index < -0.39 is 4.92 Å². The fraction of sp³-hybridized carbons (Fsp3) is 0.160. The van der Waals surface area contributed by atoms with Crippen molar-refractivity contribution in [2.75, 3.05) is 5.32 Å². The number of halogens is 2. The van der Waals surface area contributed by atoms with E-state index in [9.17, 15) is 14.9 Å². The molecule has 1 atom stereocenters. The van der Waals surface area contributed by atoms with Crippen molar-refractivity contribution in [1.82, 2.24) is 5.32 Å². The highest BCUT2D eigenvalue weighted by molar-refractivity contribution is 14.1. The van der Waals surface area contributed by atoms with E-state index >= 15 is 0 Å². The Balaban J connectivity index is 1.42. The van der Waals surface area contributed by atoms with Crippen LogP contribution in [0.15, 0.2) is 65.6 Å². The lowest BCUT2D eigenvalue weighted by Crippen LogP contribution is -2.30. The van der Waals surface area contributed by atoms with Gasteiger partial charge in [0.25, 0.3) is 11.6 Å². The number of carbonyl (C=O) groups is 1. The van der Waals surface area contributed by atoms with Gasteiger partial charge in [-0.05, 0) is 111 Å². The molecule has 180 valence electrons. The highest BCUT2D eigenvalue weighted by Crippen LogP contribution is 2.34. The molecule has 3 aromatic rings. The van der Waals surface area contributed by atoms with Crippen molar-refractivity contribution in [3.63, 3.8) is 0 Å². The number of non-ortho nitro benzene ring substituents is 1. The summed E-state index contributed by atoms with van der Waals surface area (Å²) in [5.74, 6) is 0.631. The number of rotatable bonds is 8. The number of nitro groups is 1. The SMILES string of the molecule is CCc1ccc(N[C@H]2NC(=O)/C(=C/c3cc(I)c(OCc4ccc([N+](=O)[O-])cc4)c(I)c3)S2)cc1. The van der Waals surface area contributed by atoms with Crippen LogP contribution in [0, 0.1) is 17.3 Å². The van der Waals surface area contributed by atoms with Crippen LogP contribution in [0.25, 0.3) is 6.08 Å². The molecule has 1 heterocycles. The number of nitrogens with zero attached hydrogens (tertiary/aromatic N) is 1. The number of ether oxygens (including phenoxy) is 1. The van der Waals surface area contributed by atoms with Gasteiger partial charge in [-0.3, -0.25) is 14.9 Å². The summed E-state index contributed by atoms with van der Waals surface area (Å²) in [5.41, 5.74) is 3.80. The van der Waals surface area contributed by atoms with E-state index in [1.165, 1.54) is 29.5 Å². The summed E-state index contributed by atoms with van der Waals surface area (Å²) in [5, 5.41) is 17.1. The highest BCUT2D eigenvalue weighted by atomic mass is 127. The lowest BCUT2D eigenvalue weighted by molar-refractivity contribution is -0.384. The molecule has 1 fully saturated rings. The molecule has 10 heteroatoms. The lowest BCUT2D eigenvalue weighted by Gasteiger charge is -2.13. The van der Waals surface area contributed by atoms with Gasteiger partial charge >= 0.3 is 0 Å². The molecule has 1 saturated heterocycles. The third-order valence-electron chi connectivity index (χ3n) is 5.24. The molecule has 35 heavy (non-hydrogen) atoms. The number of aryl methyl sites for hydroxylation is 1. The van der Waals surface area contributed by atoms with Gasteiger partial charge in [0.1, 0.15) is 12.4 Å². The summed E-state index contributed by atoms with van der Waals surface area (Å²) in [4.78, 5) is 23.6. The van der Waals surface area contributed by atoms with Crippen molar-refractivity contribution in [2.45, 2.75) is 25.4 Å². The third-order valence-corrected chi connectivity index (χ3v) is 7.87. The number of amides is 1. The average molecular weight is 713 g/mol. The molecular weight excluding hydrogens is 692 g/mol. The van der Waals surface area contributed by atoms with Crippen molar-refractivity contribution in [3.8, 4) is 5.75 Å². The number of benzene rings is 3. The first-order chi connectivity index (χ1) is 16.8. The molecule has 1 aliphatic heterocycles. The molecule has 3 aromatic carbocycles. The van der Waals surface area contributed by atoms with Gasteiger partial charge in [-0.15, -0.1) is 0 Å². The quantitative estimate of drug-likeness (QED) is 0.119. The Labute approximate surface area is 234 Å². The van der Waals surface area contributed by atoms with Crippen molar-refractivity contribution in [1.29, 1.82) is 0 Å². The number of carbonyl (C=O) groups excluding carboxylic acids is 1. The summed E-state index contributed by atoms with van der Waals surface area (Å²) in [6.45, 7) is 2.42. The Morgan fingerprint density at radius 1 is 1.09 bits per heavy atom. The normalized spacial score (nSPS) is 16.3. The van der Waals surface area contributed by atoms with E-state index in [0.29, 0.717) is 11.5 Å². The summed E-state index contributed by atoms with van der Waals surface area (Å²) in [7, 11) is 0. The Morgan fingerprint density at radius 2 is 1.71 bits per heavy atom. The van der Waals surface area contributed by atoms with Crippen molar-refractivity contribution < 1.29 is 14.5 Å². The molecule has 7 nitrogen and oxygen atoms in total. The third kappa shape index (κ3) is 6.67. The van der Waals surface area contributed by atoms with E-state index in [1.807, 2.05) is 30.3 Å². The first-order valence-corrected chi connectivity index (χ1v) is 13.8. The van der Waals surface area contributed by atoms with E-state index in [-0.39, 0.29) is 17.1 Å². The average Bonchev–Trinajstić information content (AvgIpc) is 3.17. The number of hydrogen-bond acceptors (Lipinski definition) is 6. The van der Waals surface area contributed by atoms with Gasteiger partial charge in [0.05, 0.1) is 17.0 Å². The van der Waals surface area contributed by atoms with Crippen LogP contribution < -0.4 is 15.4 Å². The standard InChI is InChI=1S/C25H21I2N3O4S/c1-2-15-3-7-18(8-4-15)28-25-29-24(31)22(35-25)13-17-11-20(26)23(21(27)12-17)34-14-16-5-9-19(10-6-16)30(32)33/h3-13,25,28H,2,14H2,1H3,(H,29,31)/b22-13-/t25-/m0/s1. The summed E-state index contributed by atoms with van der Waals surface area (Å²) >= 11 is 5.88. The number of nitro benzene ring substituents is 1. The Kier molecular flexibility index (Phi) is 8.55. The summed E-state index contributed by atoms with van der Waals surface area (Å²) in [6, 6.07) is 18.5. The minimum Gasteiger partial charge on any atom is -0.487 e. The van der Waals surface area contributed by atoms with Crippen LogP contribution in [0.1, 0.15) is 23.6 Å². The van der Waals surface area contributed by atoms with E-state index in [0.717, 1.165) is 36.1 Å². The molecule has 4 rings (SSSR count). The minimum atomic E-state index is -0.422. The minimum absolute atomic E-state index is 0.0518. The first-order valence-electron chi connectivity index (χ1n) is 10.7. The molecule has 0 unspecified atom stereocenters. The number of hydrogen-bond donors (Lipinski definition) is 2. The van der Waals surface area contributed by atoms with E-state index in [1.54, 1.807) is 12.1 Å². The zero-order chi connectivity index (χ0) is 24.9. The van der Waals surface area contributed by atoms with Crippen LogP contribution in [0.4, 0.5) is 11.4 Å². The van der Waals surface area contributed by atoms with Crippen LogP contribution in [0.3, 0.4) is 0 Å². The molecule has 0 bridgehead atoms. The number of thioether (sulfide) groups is 1.